The number of nitrogens with zero attached hydrogens (tertiary/aromatic N) is 3. The van der Waals surface area contributed by atoms with Gasteiger partial charge in [-0.3, -0.25) is 4.98 Å². The Kier molecular flexibility index (Phi) is 5.61. The second kappa shape index (κ2) is 7.66. The van der Waals surface area contributed by atoms with Gasteiger partial charge >= 0.3 is 0 Å². The highest BCUT2D eigenvalue weighted by Gasteiger charge is 2.09. The third-order valence-electron chi connectivity index (χ3n) is 3.22. The van der Waals surface area contributed by atoms with Crippen LogP contribution in [0.4, 0.5) is 5.82 Å². The molecule has 0 saturated carbocycles. The molecule has 0 unspecified atom stereocenters. The molecule has 0 bridgehead atoms. The summed E-state index contributed by atoms with van der Waals surface area (Å²) in [6.45, 7) is 11.7. The number of hydrogen-bond acceptors (Lipinski definition) is 5. The predicted molar refractivity (Wildman–Crippen MR) is 88.9 cm³/mol. The summed E-state index contributed by atoms with van der Waals surface area (Å²) in [6.07, 6.45) is 3.49. The molecule has 22 heavy (non-hydrogen) atoms. The van der Waals surface area contributed by atoms with Gasteiger partial charge in [-0.15, -0.1) is 0 Å². The number of anilines is 1. The second-order valence-electron chi connectivity index (χ2n) is 5.28. The number of hydrogen-bond donors (Lipinski definition) is 1. The Balaban J connectivity index is 2.07. The molecule has 5 heteroatoms. The van der Waals surface area contributed by atoms with Gasteiger partial charge in [0.1, 0.15) is 5.82 Å². The Hall–Kier alpha value is -2.27. The fraction of sp³-hybridized carbons (Fsp3) is 0.353. The van der Waals surface area contributed by atoms with Crippen molar-refractivity contribution in [1.29, 1.82) is 0 Å². The molecule has 0 atom stereocenters. The molecule has 2 rings (SSSR count). The Morgan fingerprint density at radius 1 is 1.23 bits per heavy atom. The lowest BCUT2D eigenvalue weighted by molar-refractivity contribution is 0.167. The van der Waals surface area contributed by atoms with Crippen LogP contribution in [0.15, 0.2) is 36.7 Å². The Bertz CT molecular complexity index is 641. The van der Waals surface area contributed by atoms with Crippen LogP contribution in [0, 0.1) is 13.8 Å². The minimum absolute atomic E-state index is 0.589. The van der Waals surface area contributed by atoms with E-state index in [1.807, 2.05) is 32.9 Å². The summed E-state index contributed by atoms with van der Waals surface area (Å²) >= 11 is 0. The molecule has 1 N–H and O–H groups in total. The van der Waals surface area contributed by atoms with Gasteiger partial charge in [0.15, 0.2) is 5.82 Å². The number of nitrogens with one attached hydrogen (secondary N) is 1. The molecule has 5 nitrogen and oxygen atoms in total. The summed E-state index contributed by atoms with van der Waals surface area (Å²) in [5.74, 6) is 1.55. The summed E-state index contributed by atoms with van der Waals surface area (Å²) < 4.78 is 5.49. The van der Waals surface area contributed by atoms with Crippen LogP contribution in [0.25, 0.3) is 11.4 Å². The highest BCUT2D eigenvalue weighted by Crippen LogP contribution is 2.20. The molecule has 2 heterocycles. The number of aryl methyl sites for hydroxylation is 1. The average molecular weight is 298 g/mol. The Morgan fingerprint density at radius 2 is 1.95 bits per heavy atom. The van der Waals surface area contributed by atoms with Gasteiger partial charge in [-0.1, -0.05) is 12.2 Å². The lowest BCUT2D eigenvalue weighted by atomic mass is 10.2. The van der Waals surface area contributed by atoms with E-state index >= 15 is 0 Å². The van der Waals surface area contributed by atoms with E-state index in [2.05, 4.69) is 26.8 Å². The van der Waals surface area contributed by atoms with Crippen LogP contribution in [0.3, 0.4) is 0 Å². The van der Waals surface area contributed by atoms with Gasteiger partial charge in [-0.25, -0.2) is 9.97 Å². The van der Waals surface area contributed by atoms with Crippen molar-refractivity contribution in [2.45, 2.75) is 20.8 Å². The summed E-state index contributed by atoms with van der Waals surface area (Å²) in [5.41, 5.74) is 4.00. The van der Waals surface area contributed by atoms with E-state index in [4.69, 9.17) is 4.74 Å². The Morgan fingerprint density at radius 3 is 2.64 bits per heavy atom. The van der Waals surface area contributed by atoms with Crippen LogP contribution in [0.5, 0.6) is 0 Å². The molecule has 0 aliphatic carbocycles. The molecule has 2 aromatic rings. The molecule has 0 radical (unpaired) electrons. The van der Waals surface area contributed by atoms with Gasteiger partial charge in [-0.05, 0) is 32.9 Å². The van der Waals surface area contributed by atoms with Gasteiger partial charge in [0, 0.05) is 35.8 Å². The largest absolute Gasteiger partial charge is 0.375 e. The molecule has 116 valence electrons. The van der Waals surface area contributed by atoms with Gasteiger partial charge in [0.2, 0.25) is 0 Å². The van der Waals surface area contributed by atoms with Crippen LogP contribution in [0.1, 0.15) is 18.2 Å². The van der Waals surface area contributed by atoms with E-state index in [-0.39, 0.29) is 0 Å². The first-order valence-electron chi connectivity index (χ1n) is 7.29. The SMILES string of the molecule is C=C(C)COCCNc1nc(-c2ccncc2)nc(C)c1C. The molecule has 0 saturated heterocycles. The number of ether oxygens (including phenoxy) is 1. The minimum atomic E-state index is 0.589. The maximum atomic E-state index is 5.49. The molecule has 0 spiro atoms. The van der Waals surface area contributed by atoms with E-state index in [0.29, 0.717) is 25.6 Å². The number of rotatable bonds is 7. The van der Waals surface area contributed by atoms with Gasteiger partial charge in [-0.2, -0.15) is 0 Å². The average Bonchev–Trinajstić information content (AvgIpc) is 2.51. The first-order valence-corrected chi connectivity index (χ1v) is 7.29. The van der Waals surface area contributed by atoms with Crippen molar-refractivity contribution in [1.82, 2.24) is 15.0 Å². The summed E-state index contributed by atoms with van der Waals surface area (Å²) in [7, 11) is 0. The zero-order valence-corrected chi connectivity index (χ0v) is 13.4. The molecule has 0 aliphatic rings. The summed E-state index contributed by atoms with van der Waals surface area (Å²) in [6, 6.07) is 3.81. The topological polar surface area (TPSA) is 59.9 Å². The number of aromatic nitrogens is 3. The standard InChI is InChI=1S/C17H22N4O/c1-12(2)11-22-10-9-19-16-13(3)14(4)20-17(21-16)15-5-7-18-8-6-15/h5-8H,1,9-11H2,2-4H3,(H,19,20,21). The lowest BCUT2D eigenvalue weighted by Gasteiger charge is -2.12. The van der Waals surface area contributed by atoms with Crippen LogP contribution in [0.2, 0.25) is 0 Å². The lowest BCUT2D eigenvalue weighted by Crippen LogP contribution is -2.13. The molecular weight excluding hydrogens is 276 g/mol. The van der Waals surface area contributed by atoms with Crippen molar-refractivity contribution in [3.05, 3.63) is 47.9 Å². The molecule has 0 aliphatic heterocycles. The fourth-order valence-corrected chi connectivity index (χ4v) is 1.92. The predicted octanol–water partition coefficient (Wildman–Crippen LogP) is 3.16. The maximum absolute atomic E-state index is 5.49. The van der Waals surface area contributed by atoms with Crippen molar-refractivity contribution in [2.24, 2.45) is 0 Å². The molecule has 0 amide bonds. The molecule has 0 aromatic carbocycles. The van der Waals surface area contributed by atoms with E-state index in [9.17, 15) is 0 Å². The monoisotopic (exact) mass is 298 g/mol. The quantitative estimate of drug-likeness (QED) is 0.628. The van der Waals surface area contributed by atoms with E-state index in [1.54, 1.807) is 12.4 Å². The molecule has 2 aromatic heterocycles. The first-order chi connectivity index (χ1) is 10.6. The van der Waals surface area contributed by atoms with Crippen molar-refractivity contribution in [3.8, 4) is 11.4 Å². The highest BCUT2D eigenvalue weighted by atomic mass is 16.5. The maximum Gasteiger partial charge on any atom is 0.161 e. The minimum Gasteiger partial charge on any atom is -0.375 e. The molecule has 0 fully saturated rings. The van der Waals surface area contributed by atoms with E-state index in [1.165, 1.54) is 0 Å². The van der Waals surface area contributed by atoms with Crippen molar-refractivity contribution in [2.75, 3.05) is 25.1 Å². The Labute approximate surface area is 131 Å². The highest BCUT2D eigenvalue weighted by molar-refractivity contribution is 5.59. The van der Waals surface area contributed by atoms with Crippen molar-refractivity contribution in [3.63, 3.8) is 0 Å². The fourth-order valence-electron chi connectivity index (χ4n) is 1.92. The van der Waals surface area contributed by atoms with Crippen molar-refractivity contribution < 1.29 is 4.74 Å². The normalized spacial score (nSPS) is 10.5. The van der Waals surface area contributed by atoms with Crippen LogP contribution >= 0.6 is 0 Å². The van der Waals surface area contributed by atoms with E-state index in [0.717, 1.165) is 28.2 Å². The number of pyridine rings is 1. The first kappa shape index (κ1) is 16.1. The van der Waals surface area contributed by atoms with Gasteiger partial charge < -0.3 is 10.1 Å². The van der Waals surface area contributed by atoms with Crippen molar-refractivity contribution >= 4 is 5.82 Å². The van der Waals surface area contributed by atoms with Gasteiger partial charge in [0.05, 0.1) is 13.2 Å². The zero-order chi connectivity index (χ0) is 15.9. The second-order valence-corrected chi connectivity index (χ2v) is 5.28. The van der Waals surface area contributed by atoms with Gasteiger partial charge in [0.25, 0.3) is 0 Å². The summed E-state index contributed by atoms with van der Waals surface area (Å²) in [4.78, 5) is 13.2. The van der Waals surface area contributed by atoms with E-state index < -0.39 is 0 Å². The van der Waals surface area contributed by atoms with Crippen LogP contribution in [-0.2, 0) is 4.74 Å². The third kappa shape index (κ3) is 4.36. The van der Waals surface area contributed by atoms with Crippen LogP contribution in [-0.4, -0.2) is 34.7 Å². The molecular formula is C17H22N4O. The smallest absolute Gasteiger partial charge is 0.161 e. The third-order valence-corrected chi connectivity index (χ3v) is 3.22. The summed E-state index contributed by atoms with van der Waals surface area (Å²) in [5, 5.41) is 3.32. The zero-order valence-electron chi connectivity index (χ0n) is 13.4. The van der Waals surface area contributed by atoms with Crippen LogP contribution < -0.4 is 5.32 Å².